The Labute approximate surface area is 119 Å². The summed E-state index contributed by atoms with van der Waals surface area (Å²) < 4.78 is 19.2. The van der Waals surface area contributed by atoms with E-state index in [2.05, 4.69) is 13.2 Å². The molecule has 19 heavy (non-hydrogen) atoms. The third-order valence-corrected chi connectivity index (χ3v) is 2.91. The van der Waals surface area contributed by atoms with Crippen molar-refractivity contribution >= 4 is 11.6 Å². The highest BCUT2D eigenvalue weighted by Crippen LogP contribution is 2.17. The Morgan fingerprint density at radius 1 is 1.37 bits per heavy atom. The quantitative estimate of drug-likeness (QED) is 0.498. The van der Waals surface area contributed by atoms with Gasteiger partial charge in [0.1, 0.15) is 5.82 Å². The van der Waals surface area contributed by atoms with Gasteiger partial charge in [0.25, 0.3) is 0 Å². The van der Waals surface area contributed by atoms with Crippen LogP contribution < -0.4 is 0 Å². The summed E-state index contributed by atoms with van der Waals surface area (Å²) in [5, 5.41) is 0. The average molecular weight is 281 g/mol. The molecule has 3 heteroatoms. The topological polar surface area (TPSA) is 9.23 Å². The number of halogens is 2. The van der Waals surface area contributed by atoms with Crippen LogP contribution in [-0.2, 0) is 11.3 Å². The lowest BCUT2D eigenvalue weighted by Gasteiger charge is -2.18. The summed E-state index contributed by atoms with van der Waals surface area (Å²) in [4.78, 5) is 0. The van der Waals surface area contributed by atoms with E-state index in [1.54, 1.807) is 30.4 Å². The van der Waals surface area contributed by atoms with Gasteiger partial charge in [-0.1, -0.05) is 49.6 Å². The van der Waals surface area contributed by atoms with Crippen LogP contribution in [0, 0.1) is 5.82 Å². The lowest BCUT2D eigenvalue weighted by atomic mass is 10.1. The summed E-state index contributed by atoms with van der Waals surface area (Å²) in [6, 6.07) is 6.56. The first-order valence-corrected chi connectivity index (χ1v) is 6.62. The molecule has 0 aliphatic heterocycles. The summed E-state index contributed by atoms with van der Waals surface area (Å²) in [6.45, 7) is 7.60. The van der Waals surface area contributed by atoms with Crippen molar-refractivity contribution in [1.82, 2.24) is 0 Å². The summed E-state index contributed by atoms with van der Waals surface area (Å²) in [5.74, 6) is 0.199. The maximum atomic E-state index is 13.5. The van der Waals surface area contributed by atoms with Crippen molar-refractivity contribution < 1.29 is 9.13 Å². The molecule has 1 aromatic rings. The predicted octanol–water partition coefficient (Wildman–Crippen LogP) is 4.64. The molecule has 0 bridgehead atoms. The summed E-state index contributed by atoms with van der Waals surface area (Å²) in [5.41, 5.74) is 1.43. The van der Waals surface area contributed by atoms with Crippen LogP contribution in [0.1, 0.15) is 12.0 Å². The van der Waals surface area contributed by atoms with Crippen LogP contribution >= 0.6 is 11.6 Å². The Balaban J connectivity index is 2.74. The highest BCUT2D eigenvalue weighted by Gasteiger charge is 2.13. The zero-order valence-corrected chi connectivity index (χ0v) is 11.6. The smallest absolute Gasteiger partial charge is 0.128 e. The molecule has 0 saturated carbocycles. The highest BCUT2D eigenvalue weighted by atomic mass is 35.5. The Bertz CT molecular complexity index is 454. The van der Waals surface area contributed by atoms with Gasteiger partial charge in [-0.3, -0.25) is 0 Å². The molecule has 0 fully saturated rings. The maximum Gasteiger partial charge on any atom is 0.128 e. The summed E-state index contributed by atoms with van der Waals surface area (Å²) in [7, 11) is 0. The maximum absolute atomic E-state index is 13.5. The molecule has 1 aromatic carbocycles. The number of benzene rings is 1. The van der Waals surface area contributed by atoms with Crippen molar-refractivity contribution in [2.75, 3.05) is 5.88 Å². The van der Waals surface area contributed by atoms with Gasteiger partial charge in [0.2, 0.25) is 0 Å². The first-order valence-electron chi connectivity index (χ1n) is 6.09. The van der Waals surface area contributed by atoms with E-state index >= 15 is 0 Å². The van der Waals surface area contributed by atoms with E-state index in [1.807, 2.05) is 6.08 Å². The van der Waals surface area contributed by atoms with E-state index in [9.17, 15) is 4.39 Å². The Morgan fingerprint density at radius 3 is 2.68 bits per heavy atom. The fraction of sp³-hybridized carbons (Fsp3) is 0.250. The Hall–Kier alpha value is -1.38. The Morgan fingerprint density at radius 2 is 2.11 bits per heavy atom. The molecule has 1 unspecified atom stereocenters. The normalized spacial score (nSPS) is 13.1. The van der Waals surface area contributed by atoms with Gasteiger partial charge in [-0.2, -0.15) is 0 Å². The first-order chi connectivity index (χ1) is 9.22. The molecule has 0 aromatic heterocycles. The van der Waals surface area contributed by atoms with Gasteiger partial charge in [-0.15, -0.1) is 11.6 Å². The highest BCUT2D eigenvalue weighted by molar-refractivity contribution is 6.17. The van der Waals surface area contributed by atoms with E-state index in [4.69, 9.17) is 16.3 Å². The van der Waals surface area contributed by atoms with Crippen LogP contribution in [0.15, 0.2) is 61.2 Å². The molecule has 0 aliphatic carbocycles. The van der Waals surface area contributed by atoms with Crippen LogP contribution in [0.5, 0.6) is 0 Å². The number of allylic oxidation sites excluding steroid dienone is 2. The van der Waals surface area contributed by atoms with Crippen molar-refractivity contribution in [3.63, 3.8) is 0 Å². The standard InChI is InChI=1S/C16H18ClFO/c1-3-7-13(4-2)16(10-11-17)19-12-14-8-5-6-9-15(14)18/h3-9,16H,1-2,10-12H2/b13-7+. The average Bonchev–Trinajstić information content (AvgIpc) is 2.42. The molecule has 0 heterocycles. The number of hydrogen-bond acceptors (Lipinski definition) is 1. The minimum absolute atomic E-state index is 0.201. The first kappa shape index (κ1) is 15.7. The fourth-order valence-electron chi connectivity index (χ4n) is 1.69. The number of alkyl halides is 1. The van der Waals surface area contributed by atoms with Gasteiger partial charge in [0, 0.05) is 11.4 Å². The largest absolute Gasteiger partial charge is 0.369 e. The monoisotopic (exact) mass is 280 g/mol. The Kier molecular flexibility index (Phi) is 7.16. The molecule has 0 radical (unpaired) electrons. The van der Waals surface area contributed by atoms with Gasteiger partial charge in [-0.05, 0) is 18.1 Å². The minimum Gasteiger partial charge on any atom is -0.369 e. The molecule has 0 aliphatic rings. The molecule has 0 N–H and O–H groups in total. The molecule has 0 saturated heterocycles. The molecular weight excluding hydrogens is 263 g/mol. The number of rotatable bonds is 8. The van der Waals surface area contributed by atoms with E-state index in [0.717, 1.165) is 5.57 Å². The number of ether oxygens (including phenoxy) is 1. The van der Waals surface area contributed by atoms with Crippen LogP contribution in [0.4, 0.5) is 4.39 Å². The molecule has 0 spiro atoms. The SMILES string of the molecule is C=C/C=C(\C=C)C(CCCl)OCc1ccccc1F. The van der Waals surface area contributed by atoms with Crippen molar-refractivity contribution in [3.8, 4) is 0 Å². The second-order valence-corrected chi connectivity index (χ2v) is 4.35. The molecule has 0 amide bonds. The summed E-state index contributed by atoms with van der Waals surface area (Å²) in [6.07, 6.45) is 5.64. The van der Waals surface area contributed by atoms with Gasteiger partial charge in [0.15, 0.2) is 0 Å². The van der Waals surface area contributed by atoms with Gasteiger partial charge >= 0.3 is 0 Å². The zero-order chi connectivity index (χ0) is 14.1. The van der Waals surface area contributed by atoms with Gasteiger partial charge < -0.3 is 4.74 Å². The second kappa shape index (κ2) is 8.68. The second-order valence-electron chi connectivity index (χ2n) is 3.98. The van der Waals surface area contributed by atoms with Gasteiger partial charge in [-0.25, -0.2) is 4.39 Å². The lowest BCUT2D eigenvalue weighted by Crippen LogP contribution is -2.16. The predicted molar refractivity (Wildman–Crippen MR) is 78.8 cm³/mol. The van der Waals surface area contributed by atoms with E-state index < -0.39 is 0 Å². The molecular formula is C16H18ClFO. The van der Waals surface area contributed by atoms with Crippen LogP contribution in [-0.4, -0.2) is 12.0 Å². The zero-order valence-electron chi connectivity index (χ0n) is 10.8. The molecule has 102 valence electrons. The third-order valence-electron chi connectivity index (χ3n) is 2.69. The van der Waals surface area contributed by atoms with Crippen molar-refractivity contribution in [2.24, 2.45) is 0 Å². The minimum atomic E-state index is -0.264. The van der Waals surface area contributed by atoms with Crippen LogP contribution in [0.3, 0.4) is 0 Å². The molecule has 1 rings (SSSR count). The van der Waals surface area contributed by atoms with E-state index in [1.165, 1.54) is 6.07 Å². The van der Waals surface area contributed by atoms with E-state index in [0.29, 0.717) is 17.9 Å². The van der Waals surface area contributed by atoms with Crippen molar-refractivity contribution in [2.45, 2.75) is 19.1 Å². The van der Waals surface area contributed by atoms with Crippen molar-refractivity contribution in [3.05, 3.63) is 72.6 Å². The van der Waals surface area contributed by atoms with Gasteiger partial charge in [0.05, 0.1) is 12.7 Å². The number of hydrogen-bond donors (Lipinski definition) is 0. The lowest BCUT2D eigenvalue weighted by molar-refractivity contribution is 0.0631. The fourth-order valence-corrected chi connectivity index (χ4v) is 1.89. The molecule has 1 nitrogen and oxygen atoms in total. The van der Waals surface area contributed by atoms with Crippen LogP contribution in [0.25, 0.3) is 0 Å². The van der Waals surface area contributed by atoms with Crippen LogP contribution in [0.2, 0.25) is 0 Å². The van der Waals surface area contributed by atoms with Crippen molar-refractivity contribution in [1.29, 1.82) is 0 Å². The van der Waals surface area contributed by atoms with E-state index in [-0.39, 0.29) is 18.5 Å². The summed E-state index contributed by atoms with van der Waals surface area (Å²) >= 11 is 5.77. The molecule has 1 atom stereocenters. The third kappa shape index (κ3) is 5.01.